The highest BCUT2D eigenvalue weighted by molar-refractivity contribution is 5.56. The summed E-state index contributed by atoms with van der Waals surface area (Å²) in [6.45, 7) is 9.75. The first-order chi connectivity index (χ1) is 9.13. The fourth-order valence-corrected chi connectivity index (χ4v) is 2.02. The number of halogens is 1. The summed E-state index contributed by atoms with van der Waals surface area (Å²) in [5.74, 6) is -0.179. The van der Waals surface area contributed by atoms with Gasteiger partial charge in [0.1, 0.15) is 5.82 Å². The lowest BCUT2D eigenvalue weighted by Gasteiger charge is -2.30. The molecular weight excluding hydrogens is 241 g/mol. The van der Waals surface area contributed by atoms with Crippen LogP contribution in [0.25, 0.3) is 0 Å². The number of rotatable bonds is 6. The molecular formula is C15H28FN3. The maximum atomic E-state index is 14.0. The lowest BCUT2D eigenvalue weighted by Crippen LogP contribution is -2.39. The van der Waals surface area contributed by atoms with E-state index in [1.165, 1.54) is 6.07 Å². The summed E-state index contributed by atoms with van der Waals surface area (Å²) in [5, 5.41) is 6.05. The van der Waals surface area contributed by atoms with Crippen LogP contribution in [0.1, 0.15) is 27.7 Å². The Labute approximate surface area is 117 Å². The minimum atomic E-state index is -0.179. The number of benzene rings is 1. The highest BCUT2D eigenvalue weighted by Crippen LogP contribution is 2.24. The maximum absolute atomic E-state index is 14.0. The van der Waals surface area contributed by atoms with Gasteiger partial charge in [-0.1, -0.05) is 13.8 Å². The molecule has 0 heterocycles. The average molecular weight is 269 g/mol. The van der Waals surface area contributed by atoms with Crippen LogP contribution in [0.3, 0.4) is 0 Å². The molecule has 4 heteroatoms. The van der Waals surface area contributed by atoms with Crippen LogP contribution >= 0.6 is 0 Å². The minimum Gasteiger partial charge on any atom is -0.388 e. The van der Waals surface area contributed by atoms with Crippen LogP contribution in [0.4, 0.5) is 15.8 Å². The predicted octanol–water partition coefficient (Wildman–Crippen LogP) is 3.33. The molecule has 1 aromatic rings. The normalized spacial score (nSPS) is 11.3. The molecule has 0 aliphatic carbocycles. The van der Waals surface area contributed by atoms with Crippen LogP contribution < -0.4 is 15.5 Å². The number of likely N-dealkylation sites (N-methyl/N-ethyl adjacent to an activating group) is 2. The summed E-state index contributed by atoms with van der Waals surface area (Å²) in [5.41, 5.74) is 1.46. The summed E-state index contributed by atoms with van der Waals surface area (Å²) in [6, 6.07) is 5.52. The monoisotopic (exact) mass is 269 g/mol. The van der Waals surface area contributed by atoms with E-state index in [1.54, 1.807) is 7.05 Å². The lowest BCUT2D eigenvalue weighted by atomic mass is 10.2. The smallest absolute Gasteiger partial charge is 0.148 e. The molecule has 1 unspecified atom stereocenters. The Bertz CT molecular complexity index is 355. The van der Waals surface area contributed by atoms with Crippen molar-refractivity contribution in [2.75, 3.05) is 37.4 Å². The molecule has 0 aromatic heterocycles. The molecule has 0 fully saturated rings. The van der Waals surface area contributed by atoms with Gasteiger partial charge in [0.25, 0.3) is 0 Å². The SMILES string of the molecule is CC.CCN(c1ccc(NC)cc1F)C(C)CNC. The Kier molecular flexibility index (Phi) is 8.96. The fraction of sp³-hybridized carbons (Fsp3) is 0.600. The first kappa shape index (κ1) is 17.7. The number of hydrogen-bond acceptors (Lipinski definition) is 3. The first-order valence-corrected chi connectivity index (χ1v) is 7.02. The van der Waals surface area contributed by atoms with Crippen molar-refractivity contribution in [3.05, 3.63) is 24.0 Å². The van der Waals surface area contributed by atoms with Crippen molar-refractivity contribution >= 4 is 11.4 Å². The molecule has 0 spiro atoms. The van der Waals surface area contributed by atoms with Gasteiger partial charge in [0.15, 0.2) is 0 Å². The number of nitrogens with one attached hydrogen (secondary N) is 2. The highest BCUT2D eigenvalue weighted by atomic mass is 19.1. The third-order valence-electron chi connectivity index (χ3n) is 2.92. The van der Waals surface area contributed by atoms with E-state index in [1.807, 2.05) is 40.0 Å². The van der Waals surface area contributed by atoms with Gasteiger partial charge in [0.2, 0.25) is 0 Å². The van der Waals surface area contributed by atoms with Crippen LogP contribution in [0, 0.1) is 5.82 Å². The Morgan fingerprint density at radius 1 is 1.26 bits per heavy atom. The average Bonchev–Trinajstić information content (AvgIpc) is 2.43. The van der Waals surface area contributed by atoms with E-state index in [0.29, 0.717) is 5.69 Å². The largest absolute Gasteiger partial charge is 0.388 e. The third kappa shape index (κ3) is 5.07. The molecule has 0 saturated carbocycles. The third-order valence-corrected chi connectivity index (χ3v) is 2.92. The molecule has 0 aliphatic heterocycles. The number of nitrogens with zero attached hydrogens (tertiary/aromatic N) is 1. The van der Waals surface area contributed by atoms with Gasteiger partial charge in [-0.15, -0.1) is 0 Å². The van der Waals surface area contributed by atoms with Crippen molar-refractivity contribution in [3.63, 3.8) is 0 Å². The van der Waals surface area contributed by atoms with Crippen molar-refractivity contribution in [3.8, 4) is 0 Å². The molecule has 3 nitrogen and oxygen atoms in total. The second-order valence-corrected chi connectivity index (χ2v) is 4.11. The zero-order valence-electron chi connectivity index (χ0n) is 13.0. The number of anilines is 2. The van der Waals surface area contributed by atoms with Gasteiger partial charge in [-0.25, -0.2) is 4.39 Å². The fourth-order valence-electron chi connectivity index (χ4n) is 2.02. The summed E-state index contributed by atoms with van der Waals surface area (Å²) < 4.78 is 14.0. The van der Waals surface area contributed by atoms with Gasteiger partial charge < -0.3 is 15.5 Å². The second-order valence-electron chi connectivity index (χ2n) is 4.11. The van der Waals surface area contributed by atoms with Crippen molar-refractivity contribution in [2.24, 2.45) is 0 Å². The molecule has 0 bridgehead atoms. The van der Waals surface area contributed by atoms with Crippen molar-refractivity contribution in [1.29, 1.82) is 0 Å². The Morgan fingerprint density at radius 2 is 1.89 bits per heavy atom. The zero-order chi connectivity index (χ0) is 14.8. The van der Waals surface area contributed by atoms with E-state index in [-0.39, 0.29) is 11.9 Å². The molecule has 1 aromatic carbocycles. The van der Waals surface area contributed by atoms with Crippen LogP contribution in [0.15, 0.2) is 18.2 Å². The van der Waals surface area contributed by atoms with E-state index >= 15 is 0 Å². The van der Waals surface area contributed by atoms with Crippen molar-refractivity contribution in [1.82, 2.24) is 5.32 Å². The van der Waals surface area contributed by atoms with Gasteiger partial charge in [0, 0.05) is 31.9 Å². The molecule has 0 amide bonds. The maximum Gasteiger partial charge on any atom is 0.148 e. The van der Waals surface area contributed by atoms with Gasteiger partial charge >= 0.3 is 0 Å². The summed E-state index contributed by atoms with van der Waals surface area (Å²) in [6.07, 6.45) is 0. The van der Waals surface area contributed by atoms with Crippen LogP contribution in [0.5, 0.6) is 0 Å². The van der Waals surface area contributed by atoms with E-state index in [0.717, 1.165) is 18.8 Å². The van der Waals surface area contributed by atoms with E-state index < -0.39 is 0 Å². The van der Waals surface area contributed by atoms with E-state index in [4.69, 9.17) is 0 Å². The molecule has 19 heavy (non-hydrogen) atoms. The van der Waals surface area contributed by atoms with Crippen molar-refractivity contribution < 1.29 is 4.39 Å². The molecule has 1 atom stereocenters. The molecule has 110 valence electrons. The quantitative estimate of drug-likeness (QED) is 0.829. The first-order valence-electron chi connectivity index (χ1n) is 7.02. The summed E-state index contributed by atoms with van der Waals surface area (Å²) in [7, 11) is 3.69. The zero-order valence-corrected chi connectivity index (χ0v) is 13.0. The van der Waals surface area contributed by atoms with Crippen LogP contribution in [-0.4, -0.2) is 33.2 Å². The van der Waals surface area contributed by atoms with E-state index in [9.17, 15) is 4.39 Å². The molecule has 2 N–H and O–H groups in total. The Hall–Kier alpha value is -1.29. The molecule has 0 aliphatic rings. The van der Waals surface area contributed by atoms with E-state index in [2.05, 4.69) is 22.5 Å². The Balaban J connectivity index is 0.00000154. The highest BCUT2D eigenvalue weighted by Gasteiger charge is 2.15. The van der Waals surface area contributed by atoms with Crippen molar-refractivity contribution in [2.45, 2.75) is 33.7 Å². The molecule has 1 rings (SSSR count). The van der Waals surface area contributed by atoms with Gasteiger partial charge in [-0.2, -0.15) is 0 Å². The van der Waals surface area contributed by atoms with Gasteiger partial charge in [-0.05, 0) is 39.1 Å². The lowest BCUT2D eigenvalue weighted by molar-refractivity contribution is 0.574. The standard InChI is InChI=1S/C13H22FN3.C2H6/c1-5-17(10(2)9-15-3)13-7-6-11(16-4)8-12(13)14;1-2/h6-8,10,15-16H,5,9H2,1-4H3;1-2H3. The summed E-state index contributed by atoms with van der Waals surface area (Å²) in [4.78, 5) is 2.06. The molecule has 0 saturated heterocycles. The predicted molar refractivity (Wildman–Crippen MR) is 83.7 cm³/mol. The van der Waals surface area contributed by atoms with Gasteiger partial charge in [0.05, 0.1) is 5.69 Å². The van der Waals surface area contributed by atoms with Gasteiger partial charge in [-0.3, -0.25) is 0 Å². The number of hydrogen-bond donors (Lipinski definition) is 2. The second kappa shape index (κ2) is 9.62. The summed E-state index contributed by atoms with van der Waals surface area (Å²) >= 11 is 0. The minimum absolute atomic E-state index is 0.179. The molecule has 0 radical (unpaired) electrons. The topological polar surface area (TPSA) is 27.3 Å². The Morgan fingerprint density at radius 3 is 2.32 bits per heavy atom. The van der Waals surface area contributed by atoms with Crippen LogP contribution in [-0.2, 0) is 0 Å². The van der Waals surface area contributed by atoms with Crippen LogP contribution in [0.2, 0.25) is 0 Å².